The van der Waals surface area contributed by atoms with Crippen LogP contribution in [0.1, 0.15) is 73.6 Å². The number of unbranched alkanes of at least 4 members (excludes halogenated alkanes) is 2. The Morgan fingerprint density at radius 3 is 2.48 bits per heavy atom. The molecule has 0 aromatic heterocycles. The minimum atomic E-state index is -0.367. The fourth-order valence-corrected chi connectivity index (χ4v) is 6.21. The van der Waals surface area contributed by atoms with E-state index >= 15 is 0 Å². The van der Waals surface area contributed by atoms with Gasteiger partial charge in [0.2, 0.25) is 0 Å². The highest BCUT2D eigenvalue weighted by molar-refractivity contribution is 5.87. The predicted octanol–water partition coefficient (Wildman–Crippen LogP) is 7.01. The highest BCUT2D eigenvalue weighted by Gasteiger charge is 2.67. The lowest BCUT2D eigenvalue weighted by Gasteiger charge is -2.40. The van der Waals surface area contributed by atoms with Crippen molar-refractivity contribution < 1.29 is 14.3 Å². The van der Waals surface area contributed by atoms with E-state index in [1.807, 2.05) is 24.3 Å². The summed E-state index contributed by atoms with van der Waals surface area (Å²) in [5.41, 5.74) is 0.848. The van der Waals surface area contributed by atoms with Crippen molar-refractivity contribution in [2.75, 3.05) is 31.6 Å². The molecule has 2 fully saturated rings. The molecule has 0 radical (unpaired) electrons. The van der Waals surface area contributed by atoms with Gasteiger partial charge in [0.05, 0.1) is 12.3 Å². The molecule has 1 aromatic carbocycles. The molecule has 1 amide bonds. The first kappa shape index (κ1) is 27.8. The van der Waals surface area contributed by atoms with Crippen LogP contribution in [0.15, 0.2) is 24.3 Å². The maximum atomic E-state index is 13.1. The van der Waals surface area contributed by atoms with Crippen LogP contribution in [0.3, 0.4) is 0 Å². The van der Waals surface area contributed by atoms with Crippen LogP contribution in [0, 0.1) is 22.7 Å². The predicted molar refractivity (Wildman–Crippen MR) is 138 cm³/mol. The van der Waals surface area contributed by atoms with Crippen LogP contribution in [-0.2, 0) is 4.74 Å². The van der Waals surface area contributed by atoms with Crippen LogP contribution in [-0.4, -0.2) is 43.3 Å². The maximum absolute atomic E-state index is 13.1. The minimum Gasteiger partial charge on any atom is -0.491 e. The van der Waals surface area contributed by atoms with Crippen molar-refractivity contribution >= 4 is 24.2 Å². The van der Waals surface area contributed by atoms with Crippen molar-refractivity contribution in [1.82, 2.24) is 4.90 Å². The summed E-state index contributed by atoms with van der Waals surface area (Å²) in [5, 5.41) is 2.98. The number of carbonyl (C=O) groups is 1. The molecular weight excluding hydrogens is 436 g/mol. The second kappa shape index (κ2) is 11.8. The molecule has 188 valence electrons. The van der Waals surface area contributed by atoms with Gasteiger partial charge in [0, 0.05) is 17.9 Å². The number of fused-ring (bicyclic) bond motifs is 2. The number of rotatable bonds is 11. The number of benzene rings is 1. The van der Waals surface area contributed by atoms with Crippen molar-refractivity contribution in [3.8, 4) is 5.75 Å². The zero-order valence-electron chi connectivity index (χ0n) is 21.5. The number of nitrogens with zero attached hydrogens (tertiary/aromatic N) is 1. The van der Waals surface area contributed by atoms with Crippen molar-refractivity contribution in [3.63, 3.8) is 0 Å². The SMILES string of the molecule is CCCCCOc1ccccc1NC(=O)OC1C(CN(CC)CC)C2CCC1(C)C2(C)C.Cl. The summed E-state index contributed by atoms with van der Waals surface area (Å²) in [4.78, 5) is 15.6. The summed E-state index contributed by atoms with van der Waals surface area (Å²) in [5.74, 6) is 1.66. The van der Waals surface area contributed by atoms with Crippen LogP contribution >= 0.6 is 12.4 Å². The average Bonchev–Trinajstić information content (AvgIpc) is 3.09. The Kier molecular flexibility index (Phi) is 9.93. The van der Waals surface area contributed by atoms with Crippen molar-refractivity contribution in [1.29, 1.82) is 0 Å². The Morgan fingerprint density at radius 1 is 1.12 bits per heavy atom. The summed E-state index contributed by atoms with van der Waals surface area (Å²) in [6.07, 6.45) is 5.21. The van der Waals surface area contributed by atoms with E-state index < -0.39 is 0 Å². The fraction of sp³-hybridized carbons (Fsp3) is 0.741. The van der Waals surface area contributed by atoms with Crippen molar-refractivity contribution in [2.24, 2.45) is 22.7 Å². The summed E-state index contributed by atoms with van der Waals surface area (Å²) in [6, 6.07) is 7.65. The van der Waals surface area contributed by atoms with Gasteiger partial charge in [-0.25, -0.2) is 4.79 Å². The second-order valence-corrected chi connectivity index (χ2v) is 10.4. The second-order valence-electron chi connectivity index (χ2n) is 10.4. The molecule has 5 nitrogen and oxygen atoms in total. The molecule has 2 saturated carbocycles. The number of hydrogen-bond donors (Lipinski definition) is 1. The summed E-state index contributed by atoms with van der Waals surface area (Å²) >= 11 is 0. The normalized spacial score (nSPS) is 27.3. The first-order valence-electron chi connectivity index (χ1n) is 12.7. The van der Waals surface area contributed by atoms with E-state index in [9.17, 15) is 4.79 Å². The quantitative estimate of drug-likeness (QED) is 0.346. The van der Waals surface area contributed by atoms with E-state index in [1.54, 1.807) is 0 Å². The summed E-state index contributed by atoms with van der Waals surface area (Å²) in [7, 11) is 0. The lowest BCUT2D eigenvalue weighted by molar-refractivity contribution is -0.0258. The molecule has 2 bridgehead atoms. The largest absolute Gasteiger partial charge is 0.491 e. The third-order valence-electron chi connectivity index (χ3n) is 8.63. The topological polar surface area (TPSA) is 50.8 Å². The molecule has 2 aliphatic rings. The highest BCUT2D eigenvalue weighted by atomic mass is 35.5. The maximum Gasteiger partial charge on any atom is 0.412 e. The van der Waals surface area contributed by atoms with Crippen LogP contribution in [0.5, 0.6) is 5.75 Å². The Labute approximate surface area is 207 Å². The fourth-order valence-electron chi connectivity index (χ4n) is 6.21. The van der Waals surface area contributed by atoms with E-state index in [2.05, 4.69) is 51.8 Å². The smallest absolute Gasteiger partial charge is 0.412 e. The van der Waals surface area contributed by atoms with Gasteiger partial charge in [0.1, 0.15) is 11.9 Å². The van der Waals surface area contributed by atoms with Crippen molar-refractivity contribution in [2.45, 2.75) is 79.8 Å². The zero-order valence-corrected chi connectivity index (χ0v) is 22.3. The Hall–Kier alpha value is -1.46. The third-order valence-corrected chi connectivity index (χ3v) is 8.63. The minimum absolute atomic E-state index is 0. The number of carbonyl (C=O) groups excluding carboxylic acids is 1. The number of ether oxygens (including phenoxy) is 2. The van der Waals surface area contributed by atoms with Gasteiger partial charge in [-0.2, -0.15) is 0 Å². The first-order chi connectivity index (χ1) is 15.3. The van der Waals surface area contributed by atoms with E-state index in [4.69, 9.17) is 9.47 Å². The molecule has 0 spiro atoms. The molecule has 2 aliphatic carbocycles. The van der Waals surface area contributed by atoms with Gasteiger partial charge < -0.3 is 14.4 Å². The number of para-hydroxylation sites is 2. The zero-order chi connectivity index (χ0) is 23.4. The van der Waals surface area contributed by atoms with Gasteiger partial charge in [0.15, 0.2) is 0 Å². The molecule has 4 unspecified atom stereocenters. The van der Waals surface area contributed by atoms with E-state index in [0.29, 0.717) is 29.9 Å². The van der Waals surface area contributed by atoms with Crippen LogP contribution in [0.2, 0.25) is 0 Å². The Morgan fingerprint density at radius 2 is 1.82 bits per heavy atom. The first-order valence-corrected chi connectivity index (χ1v) is 12.7. The Balaban J connectivity index is 0.00000385. The average molecular weight is 481 g/mol. The van der Waals surface area contributed by atoms with Gasteiger partial charge in [-0.1, -0.05) is 66.5 Å². The van der Waals surface area contributed by atoms with Gasteiger partial charge in [-0.15, -0.1) is 12.4 Å². The van der Waals surface area contributed by atoms with Gasteiger partial charge in [-0.05, 0) is 55.8 Å². The number of nitrogens with one attached hydrogen (secondary N) is 1. The monoisotopic (exact) mass is 480 g/mol. The molecule has 0 aliphatic heterocycles. The molecule has 3 rings (SSSR count). The van der Waals surface area contributed by atoms with Crippen LogP contribution in [0.4, 0.5) is 10.5 Å². The van der Waals surface area contributed by atoms with Gasteiger partial charge >= 0.3 is 6.09 Å². The summed E-state index contributed by atoms with van der Waals surface area (Å²) < 4.78 is 12.2. The highest BCUT2D eigenvalue weighted by Crippen LogP contribution is 2.68. The third kappa shape index (κ3) is 5.62. The standard InChI is InChI=1S/C27H44N2O3.ClH/c1-7-10-13-18-31-23-15-12-11-14-22(23)28-25(30)32-24-20(19-29(8-2)9-3)21-16-17-27(24,6)26(21,4)5;/h11-12,14-15,20-21,24H,7-10,13,16-19H2,1-6H3,(H,28,30);1H. The molecule has 0 heterocycles. The molecule has 1 aromatic rings. The van der Waals surface area contributed by atoms with E-state index in [-0.39, 0.29) is 35.4 Å². The van der Waals surface area contributed by atoms with Crippen molar-refractivity contribution in [3.05, 3.63) is 24.3 Å². The number of halogens is 1. The lowest BCUT2D eigenvalue weighted by Crippen LogP contribution is -2.45. The van der Waals surface area contributed by atoms with E-state index in [1.165, 1.54) is 6.42 Å². The van der Waals surface area contributed by atoms with Crippen LogP contribution < -0.4 is 10.1 Å². The number of anilines is 1. The molecule has 0 saturated heterocycles. The molecule has 6 heteroatoms. The lowest BCUT2D eigenvalue weighted by atomic mass is 9.70. The van der Waals surface area contributed by atoms with Gasteiger partial charge in [0.25, 0.3) is 0 Å². The summed E-state index contributed by atoms with van der Waals surface area (Å²) in [6.45, 7) is 17.4. The number of hydrogen-bond acceptors (Lipinski definition) is 4. The Bertz CT molecular complexity index is 767. The van der Waals surface area contributed by atoms with Gasteiger partial charge in [-0.3, -0.25) is 5.32 Å². The molecular formula is C27H45ClN2O3. The number of amides is 1. The molecule has 4 atom stereocenters. The molecule has 33 heavy (non-hydrogen) atoms. The molecule has 1 N–H and O–H groups in total. The van der Waals surface area contributed by atoms with E-state index in [0.717, 1.165) is 45.3 Å². The van der Waals surface area contributed by atoms with Crippen LogP contribution in [0.25, 0.3) is 0 Å².